The Balaban J connectivity index is 1.71. The van der Waals surface area contributed by atoms with Gasteiger partial charge in [-0.05, 0) is 67.4 Å². The van der Waals surface area contributed by atoms with Crippen molar-refractivity contribution < 1.29 is 9.59 Å². The first-order valence-corrected chi connectivity index (χ1v) is 11.6. The number of carbonyl (C=O) groups excluding carboxylic acids is 2. The van der Waals surface area contributed by atoms with Crippen LogP contribution in [0.15, 0.2) is 65.7 Å². The number of benzene rings is 2. The summed E-state index contributed by atoms with van der Waals surface area (Å²) in [6, 6.07) is 17.3. The van der Waals surface area contributed by atoms with Gasteiger partial charge in [-0.15, -0.1) is 0 Å². The summed E-state index contributed by atoms with van der Waals surface area (Å²) in [5, 5.41) is 2.07. The third-order valence-electron chi connectivity index (χ3n) is 5.23. The molecule has 0 saturated carbocycles. The molecule has 0 saturated heterocycles. The maximum atomic E-state index is 13.2. The van der Waals surface area contributed by atoms with Crippen LogP contribution in [0.3, 0.4) is 0 Å². The summed E-state index contributed by atoms with van der Waals surface area (Å²) in [5.74, 6) is -0.289. The van der Waals surface area contributed by atoms with E-state index in [1.807, 2.05) is 48.5 Å². The second kappa shape index (κ2) is 11.4. The average molecular weight is 471 g/mol. The lowest BCUT2D eigenvalue weighted by Crippen LogP contribution is -2.49. The lowest BCUT2D eigenvalue weighted by molar-refractivity contribution is -0.136. The quantitative estimate of drug-likeness (QED) is 0.463. The largest absolute Gasteiger partial charge is 0.333 e. The first-order chi connectivity index (χ1) is 15.4. The Hall–Kier alpha value is -2.45. The van der Waals surface area contributed by atoms with Crippen LogP contribution >= 0.6 is 23.4 Å². The molecule has 0 aliphatic rings. The molecule has 3 aromatic rings. The molecule has 0 bridgehead atoms. The summed E-state index contributed by atoms with van der Waals surface area (Å²) in [7, 11) is 1.62. The number of amides is 1. The van der Waals surface area contributed by atoms with E-state index in [4.69, 9.17) is 23.1 Å². The zero-order valence-corrected chi connectivity index (χ0v) is 19.5. The predicted molar refractivity (Wildman–Crippen MR) is 131 cm³/mol. The Bertz CT molecular complexity index is 1080. The summed E-state index contributed by atoms with van der Waals surface area (Å²) in [5.41, 5.74) is 13.6. The Morgan fingerprint density at radius 1 is 1.09 bits per heavy atom. The lowest BCUT2D eigenvalue weighted by atomic mass is 10.0. The van der Waals surface area contributed by atoms with Crippen LogP contribution in [0.5, 0.6) is 0 Å². The number of fused-ring (bicyclic) bond motifs is 1. The molecule has 168 valence electrons. The van der Waals surface area contributed by atoms with Crippen LogP contribution in [0.4, 0.5) is 0 Å². The van der Waals surface area contributed by atoms with Gasteiger partial charge in [-0.3, -0.25) is 9.59 Å². The van der Waals surface area contributed by atoms with Crippen LogP contribution in [0.2, 0.25) is 5.02 Å². The van der Waals surface area contributed by atoms with Gasteiger partial charge in [-0.1, -0.05) is 48.0 Å². The molecule has 6 nitrogen and oxygen atoms in total. The molecule has 8 heteroatoms. The molecule has 4 N–H and O–H groups in total. The van der Waals surface area contributed by atoms with Gasteiger partial charge in [0, 0.05) is 17.5 Å². The maximum Gasteiger partial charge on any atom is 0.240 e. The van der Waals surface area contributed by atoms with Crippen LogP contribution in [0, 0.1) is 0 Å². The second-order valence-corrected chi connectivity index (χ2v) is 9.06. The third kappa shape index (κ3) is 6.29. The maximum absolute atomic E-state index is 13.2. The van der Waals surface area contributed by atoms with E-state index in [0.29, 0.717) is 35.9 Å². The fourth-order valence-electron chi connectivity index (χ4n) is 3.43. The normalized spacial score (nSPS) is 13.0. The minimum Gasteiger partial charge on any atom is -0.333 e. The number of thioether (sulfide) groups is 1. The van der Waals surface area contributed by atoms with Crippen LogP contribution in [0.25, 0.3) is 10.9 Å². The molecule has 3 rings (SSSR count). The Labute approximate surface area is 197 Å². The highest BCUT2D eigenvalue weighted by atomic mass is 35.5. The van der Waals surface area contributed by atoms with E-state index in [1.165, 1.54) is 4.90 Å². The molecular formula is C24H27ClN4O2S. The van der Waals surface area contributed by atoms with E-state index in [9.17, 15) is 9.59 Å². The molecule has 1 heterocycles. The zero-order valence-electron chi connectivity index (χ0n) is 17.9. The first-order valence-electron chi connectivity index (χ1n) is 10.4. The highest BCUT2D eigenvalue weighted by molar-refractivity contribution is 8.13. The molecule has 1 amide bonds. The van der Waals surface area contributed by atoms with E-state index in [-0.39, 0.29) is 11.0 Å². The Morgan fingerprint density at radius 2 is 1.81 bits per heavy atom. The standard InChI is InChI=1S/C24H27ClN4O2S/c1-29(23(30)19(27)15-16-8-11-18(25)12-9-16)21(7-4-14-26)24(31)32-22-13-10-17-5-2-3-6-20(17)28-22/h2-3,5-6,8-13,19,21H,4,7,14-15,26-27H2,1H3/t19-,21-/m0/s1. The number of hydrogen-bond acceptors (Lipinski definition) is 6. The average Bonchev–Trinajstić information content (AvgIpc) is 2.80. The van der Waals surface area contributed by atoms with E-state index in [0.717, 1.165) is 28.2 Å². The van der Waals surface area contributed by atoms with E-state index >= 15 is 0 Å². The van der Waals surface area contributed by atoms with Crippen molar-refractivity contribution in [2.75, 3.05) is 13.6 Å². The summed E-state index contributed by atoms with van der Waals surface area (Å²) >= 11 is 6.96. The SMILES string of the molecule is CN(C(=O)[C@@H](N)Cc1ccc(Cl)cc1)[C@@H](CCCN)C(=O)Sc1ccc2ccccc2n1. The monoisotopic (exact) mass is 470 g/mol. The van der Waals surface area contributed by atoms with Crippen LogP contribution in [-0.4, -0.2) is 46.6 Å². The summed E-state index contributed by atoms with van der Waals surface area (Å²) < 4.78 is 0. The van der Waals surface area contributed by atoms with Crippen molar-refractivity contribution in [3.05, 3.63) is 71.2 Å². The highest BCUT2D eigenvalue weighted by Crippen LogP contribution is 2.25. The molecule has 0 aliphatic carbocycles. The van der Waals surface area contributed by atoms with Gasteiger partial charge in [0.1, 0.15) is 11.1 Å². The van der Waals surface area contributed by atoms with E-state index < -0.39 is 12.1 Å². The smallest absolute Gasteiger partial charge is 0.240 e. The molecule has 0 aliphatic heterocycles. The number of para-hydroxylation sites is 1. The number of hydrogen-bond donors (Lipinski definition) is 2. The van der Waals surface area contributed by atoms with Gasteiger partial charge in [0.2, 0.25) is 11.0 Å². The number of likely N-dealkylation sites (N-methyl/N-ethyl adjacent to an activating group) is 1. The van der Waals surface area contributed by atoms with Crippen molar-refractivity contribution in [3.8, 4) is 0 Å². The molecule has 0 spiro atoms. The number of rotatable bonds is 9. The number of halogens is 1. The minimum atomic E-state index is -0.766. The van der Waals surface area contributed by atoms with E-state index in [2.05, 4.69) is 4.98 Å². The van der Waals surface area contributed by atoms with Crippen molar-refractivity contribution >= 4 is 45.3 Å². The fourth-order valence-corrected chi connectivity index (χ4v) is 4.46. The van der Waals surface area contributed by atoms with Crippen molar-refractivity contribution in [1.29, 1.82) is 0 Å². The number of nitrogens with two attached hydrogens (primary N) is 2. The van der Waals surface area contributed by atoms with Crippen molar-refractivity contribution in [3.63, 3.8) is 0 Å². The Morgan fingerprint density at radius 3 is 2.53 bits per heavy atom. The summed E-state index contributed by atoms with van der Waals surface area (Å²) in [6.45, 7) is 0.432. The molecule has 0 fully saturated rings. The van der Waals surface area contributed by atoms with Crippen molar-refractivity contribution in [1.82, 2.24) is 9.88 Å². The van der Waals surface area contributed by atoms with Gasteiger partial charge in [0.05, 0.1) is 11.6 Å². The molecule has 2 atom stereocenters. The van der Waals surface area contributed by atoms with Crippen molar-refractivity contribution in [2.45, 2.75) is 36.4 Å². The van der Waals surface area contributed by atoms with Crippen molar-refractivity contribution in [2.24, 2.45) is 11.5 Å². The third-order valence-corrected chi connectivity index (χ3v) is 6.39. The topological polar surface area (TPSA) is 102 Å². The van der Waals surface area contributed by atoms with Gasteiger partial charge >= 0.3 is 0 Å². The lowest BCUT2D eigenvalue weighted by Gasteiger charge is -2.29. The summed E-state index contributed by atoms with van der Waals surface area (Å²) in [6.07, 6.45) is 1.44. The number of pyridine rings is 1. The number of aromatic nitrogens is 1. The van der Waals surface area contributed by atoms with Gasteiger partial charge in [-0.2, -0.15) is 0 Å². The van der Waals surface area contributed by atoms with E-state index in [1.54, 1.807) is 19.2 Å². The summed E-state index contributed by atoms with van der Waals surface area (Å²) in [4.78, 5) is 32.2. The minimum absolute atomic E-state index is 0.157. The molecule has 2 aromatic carbocycles. The van der Waals surface area contributed by atoms with Crippen LogP contribution < -0.4 is 11.5 Å². The van der Waals surface area contributed by atoms with Gasteiger partial charge in [0.15, 0.2) is 0 Å². The molecule has 0 radical (unpaired) electrons. The first kappa shape index (κ1) is 24.2. The zero-order chi connectivity index (χ0) is 23.1. The van der Waals surface area contributed by atoms with Gasteiger partial charge < -0.3 is 16.4 Å². The highest BCUT2D eigenvalue weighted by Gasteiger charge is 2.30. The second-order valence-electron chi connectivity index (χ2n) is 7.60. The van der Waals surface area contributed by atoms with Gasteiger partial charge in [0.25, 0.3) is 0 Å². The van der Waals surface area contributed by atoms with Crippen LogP contribution in [0.1, 0.15) is 18.4 Å². The molecule has 32 heavy (non-hydrogen) atoms. The number of nitrogens with zero attached hydrogens (tertiary/aromatic N) is 2. The predicted octanol–water partition coefficient (Wildman–Crippen LogP) is 3.64. The Kier molecular flexibility index (Phi) is 8.64. The molecule has 1 aromatic heterocycles. The van der Waals surface area contributed by atoms with Gasteiger partial charge in [-0.25, -0.2) is 4.98 Å². The van der Waals surface area contributed by atoms with Crippen LogP contribution in [-0.2, 0) is 16.0 Å². The number of carbonyl (C=O) groups is 2. The molecular weight excluding hydrogens is 444 g/mol. The molecule has 0 unspecified atom stereocenters. The fraction of sp³-hybridized carbons (Fsp3) is 0.292.